The van der Waals surface area contributed by atoms with Gasteiger partial charge in [0.1, 0.15) is 0 Å². The summed E-state index contributed by atoms with van der Waals surface area (Å²) in [7, 11) is 0. The number of rotatable bonds is 3. The van der Waals surface area contributed by atoms with Crippen molar-refractivity contribution in [3.8, 4) is 0 Å². The van der Waals surface area contributed by atoms with Crippen LogP contribution in [0.4, 0.5) is 0 Å². The molecule has 0 aliphatic carbocycles. The molecule has 0 aromatic rings. The second-order valence-corrected chi connectivity index (χ2v) is 6.55. The molecular formula is C15H27N3O2. The van der Waals surface area contributed by atoms with Crippen LogP contribution in [0.5, 0.6) is 0 Å². The predicted octanol–water partition coefficient (Wildman–Crippen LogP) is 0.559. The number of carbonyl (C=O) groups is 2. The van der Waals surface area contributed by atoms with Crippen LogP contribution >= 0.6 is 0 Å². The van der Waals surface area contributed by atoms with Crippen molar-refractivity contribution < 1.29 is 9.59 Å². The third-order valence-corrected chi connectivity index (χ3v) is 4.36. The van der Waals surface area contributed by atoms with Crippen LogP contribution in [0.25, 0.3) is 0 Å². The molecule has 0 saturated carbocycles. The zero-order valence-electron chi connectivity index (χ0n) is 12.9. The quantitative estimate of drug-likeness (QED) is 0.822. The van der Waals surface area contributed by atoms with E-state index >= 15 is 0 Å². The maximum absolute atomic E-state index is 12.4. The summed E-state index contributed by atoms with van der Waals surface area (Å²) in [6, 6.07) is 0. The second-order valence-electron chi connectivity index (χ2n) is 6.55. The first kappa shape index (κ1) is 15.3. The first-order valence-electron chi connectivity index (χ1n) is 7.76. The molecule has 2 amide bonds. The standard InChI is InChI=1S/C15H27N3O2/c1-11(2)8-14(19)17-4-6-18(7-5-17)15(20)13-10-16-9-12(13)3/h11-13,16H,4-10H2,1-3H3. The lowest BCUT2D eigenvalue weighted by molar-refractivity contribution is -0.142. The van der Waals surface area contributed by atoms with Crippen LogP contribution < -0.4 is 5.32 Å². The molecule has 2 atom stereocenters. The first-order chi connectivity index (χ1) is 9.49. The van der Waals surface area contributed by atoms with Gasteiger partial charge in [0, 0.05) is 39.1 Å². The molecule has 0 bridgehead atoms. The van der Waals surface area contributed by atoms with Crippen molar-refractivity contribution in [2.24, 2.45) is 17.8 Å². The van der Waals surface area contributed by atoms with Crippen molar-refractivity contribution in [2.75, 3.05) is 39.3 Å². The summed E-state index contributed by atoms with van der Waals surface area (Å²) in [5, 5.41) is 3.28. The van der Waals surface area contributed by atoms with Gasteiger partial charge in [-0.3, -0.25) is 9.59 Å². The van der Waals surface area contributed by atoms with Crippen molar-refractivity contribution in [3.63, 3.8) is 0 Å². The fourth-order valence-corrected chi connectivity index (χ4v) is 3.03. The van der Waals surface area contributed by atoms with Gasteiger partial charge < -0.3 is 15.1 Å². The average molecular weight is 281 g/mol. The lowest BCUT2D eigenvalue weighted by Crippen LogP contribution is -2.52. The third-order valence-electron chi connectivity index (χ3n) is 4.36. The van der Waals surface area contributed by atoms with Crippen molar-refractivity contribution in [1.82, 2.24) is 15.1 Å². The zero-order valence-corrected chi connectivity index (χ0v) is 12.9. The molecule has 1 N–H and O–H groups in total. The number of carbonyl (C=O) groups excluding carboxylic acids is 2. The maximum atomic E-state index is 12.4. The molecule has 114 valence electrons. The van der Waals surface area contributed by atoms with Gasteiger partial charge in [0.2, 0.25) is 11.8 Å². The summed E-state index contributed by atoms with van der Waals surface area (Å²) >= 11 is 0. The smallest absolute Gasteiger partial charge is 0.227 e. The van der Waals surface area contributed by atoms with E-state index in [2.05, 4.69) is 26.1 Å². The highest BCUT2D eigenvalue weighted by Gasteiger charge is 2.34. The minimum atomic E-state index is 0.118. The molecule has 2 aliphatic heterocycles. The third kappa shape index (κ3) is 3.51. The van der Waals surface area contributed by atoms with Crippen LogP contribution in [-0.2, 0) is 9.59 Å². The van der Waals surface area contributed by atoms with E-state index < -0.39 is 0 Å². The Morgan fingerprint density at radius 3 is 2.20 bits per heavy atom. The zero-order chi connectivity index (χ0) is 14.7. The van der Waals surface area contributed by atoms with Crippen molar-refractivity contribution >= 4 is 11.8 Å². The number of amides is 2. The molecule has 2 saturated heterocycles. The van der Waals surface area contributed by atoms with E-state index in [9.17, 15) is 9.59 Å². The number of nitrogens with zero attached hydrogens (tertiary/aromatic N) is 2. The first-order valence-corrected chi connectivity index (χ1v) is 7.76. The van der Waals surface area contributed by atoms with Crippen LogP contribution in [0.15, 0.2) is 0 Å². The van der Waals surface area contributed by atoms with E-state index in [1.165, 1.54) is 0 Å². The number of nitrogens with one attached hydrogen (secondary N) is 1. The Balaban J connectivity index is 1.82. The van der Waals surface area contributed by atoms with Gasteiger partial charge >= 0.3 is 0 Å². The molecule has 20 heavy (non-hydrogen) atoms. The van der Waals surface area contributed by atoms with Gasteiger partial charge in [0.15, 0.2) is 0 Å². The largest absolute Gasteiger partial charge is 0.339 e. The van der Waals surface area contributed by atoms with Crippen molar-refractivity contribution in [1.29, 1.82) is 0 Å². The normalized spacial score (nSPS) is 27.2. The maximum Gasteiger partial charge on any atom is 0.227 e. The van der Waals surface area contributed by atoms with Gasteiger partial charge in [-0.15, -0.1) is 0 Å². The SMILES string of the molecule is CC(C)CC(=O)N1CCN(C(=O)C2CNCC2C)CC1. The minimum absolute atomic E-state index is 0.118. The number of hydrogen-bond acceptors (Lipinski definition) is 3. The van der Waals surface area contributed by atoms with E-state index in [4.69, 9.17) is 0 Å². The van der Waals surface area contributed by atoms with Crippen molar-refractivity contribution in [3.05, 3.63) is 0 Å². The van der Waals surface area contributed by atoms with Gasteiger partial charge in [-0.1, -0.05) is 20.8 Å². The molecular weight excluding hydrogens is 254 g/mol. The predicted molar refractivity (Wildman–Crippen MR) is 78.1 cm³/mol. The highest BCUT2D eigenvalue weighted by atomic mass is 16.2. The fourth-order valence-electron chi connectivity index (χ4n) is 3.03. The molecule has 2 unspecified atom stereocenters. The number of piperazine rings is 1. The Labute approximate surface area is 121 Å². The topological polar surface area (TPSA) is 52.7 Å². The van der Waals surface area contributed by atoms with Gasteiger partial charge in [-0.05, 0) is 18.4 Å². The van der Waals surface area contributed by atoms with Crippen LogP contribution in [0, 0.1) is 17.8 Å². The molecule has 2 aliphatic rings. The van der Waals surface area contributed by atoms with Crippen LogP contribution in [0.1, 0.15) is 27.2 Å². The molecule has 5 heteroatoms. The highest BCUT2D eigenvalue weighted by Crippen LogP contribution is 2.19. The molecule has 2 heterocycles. The summed E-state index contributed by atoms with van der Waals surface area (Å²) in [6.45, 7) is 10.7. The summed E-state index contributed by atoms with van der Waals surface area (Å²) in [5.41, 5.74) is 0. The van der Waals surface area contributed by atoms with E-state index in [0.717, 1.165) is 13.1 Å². The lowest BCUT2D eigenvalue weighted by Gasteiger charge is -2.36. The molecule has 5 nitrogen and oxygen atoms in total. The van der Waals surface area contributed by atoms with E-state index in [0.29, 0.717) is 44.4 Å². The summed E-state index contributed by atoms with van der Waals surface area (Å²) < 4.78 is 0. The molecule has 0 spiro atoms. The van der Waals surface area contributed by atoms with Crippen LogP contribution in [0.2, 0.25) is 0 Å². The lowest BCUT2D eigenvalue weighted by atomic mass is 9.96. The van der Waals surface area contributed by atoms with Gasteiger partial charge in [-0.2, -0.15) is 0 Å². The fraction of sp³-hybridized carbons (Fsp3) is 0.867. The minimum Gasteiger partial charge on any atom is -0.339 e. The average Bonchev–Trinajstić information content (AvgIpc) is 2.83. The molecule has 0 aromatic carbocycles. The van der Waals surface area contributed by atoms with E-state index in [1.807, 2.05) is 9.80 Å². The Bertz CT molecular complexity index is 362. The Kier molecular flexibility index (Phi) is 5.02. The highest BCUT2D eigenvalue weighted by molar-refractivity contribution is 5.81. The summed E-state index contributed by atoms with van der Waals surface area (Å²) in [5.74, 6) is 1.42. The molecule has 2 fully saturated rings. The van der Waals surface area contributed by atoms with E-state index in [1.54, 1.807) is 0 Å². The number of hydrogen-bond donors (Lipinski definition) is 1. The van der Waals surface area contributed by atoms with Crippen LogP contribution in [-0.4, -0.2) is 60.9 Å². The van der Waals surface area contributed by atoms with Gasteiger partial charge in [0.05, 0.1) is 5.92 Å². The molecule has 2 rings (SSSR count). The van der Waals surface area contributed by atoms with Gasteiger partial charge in [-0.25, -0.2) is 0 Å². The Morgan fingerprint density at radius 2 is 1.70 bits per heavy atom. The van der Waals surface area contributed by atoms with Crippen molar-refractivity contribution in [2.45, 2.75) is 27.2 Å². The summed E-state index contributed by atoms with van der Waals surface area (Å²) in [4.78, 5) is 28.3. The van der Waals surface area contributed by atoms with Gasteiger partial charge in [0.25, 0.3) is 0 Å². The summed E-state index contributed by atoms with van der Waals surface area (Å²) in [6.07, 6.45) is 0.609. The van der Waals surface area contributed by atoms with E-state index in [-0.39, 0.29) is 17.7 Å². The van der Waals surface area contributed by atoms with Crippen LogP contribution in [0.3, 0.4) is 0 Å². The second kappa shape index (κ2) is 6.57. The monoisotopic (exact) mass is 281 g/mol. The molecule has 0 aromatic heterocycles. The Hall–Kier alpha value is -1.10. The Morgan fingerprint density at radius 1 is 1.10 bits per heavy atom. The molecule has 0 radical (unpaired) electrons.